The van der Waals surface area contributed by atoms with Crippen molar-refractivity contribution < 1.29 is 13.9 Å². The van der Waals surface area contributed by atoms with Crippen molar-refractivity contribution in [2.45, 2.75) is 31.8 Å². The molecule has 5 N–H and O–H groups in total. The highest BCUT2D eigenvalue weighted by Gasteiger charge is 2.43. The first-order chi connectivity index (χ1) is 13.3. The second kappa shape index (κ2) is 8.49. The van der Waals surface area contributed by atoms with Crippen molar-refractivity contribution in [3.8, 4) is 0 Å². The van der Waals surface area contributed by atoms with Crippen molar-refractivity contribution >= 4 is 29.0 Å². The fraction of sp³-hybridized carbons (Fsp3) is 0.500. The average Bonchev–Trinajstić information content (AvgIpc) is 3.23. The zero-order valence-electron chi connectivity index (χ0n) is 16.0. The quantitative estimate of drug-likeness (QED) is 0.395. The molecule has 0 aromatic heterocycles. The first kappa shape index (κ1) is 20.6. The molecule has 28 heavy (non-hydrogen) atoms. The monoisotopic (exact) mass is 408 g/mol. The molecule has 2 aliphatic rings. The van der Waals surface area contributed by atoms with Gasteiger partial charge in [-0.3, -0.25) is 9.79 Å². The smallest absolute Gasteiger partial charge is 0.261 e. The SMILES string of the molecule is CN=C(N)/C(C(=O)Nc1ccc(F)c(Cl)c1)=C(\N)C1CC2CC(OC)CC2C1. The van der Waals surface area contributed by atoms with E-state index in [2.05, 4.69) is 10.3 Å². The van der Waals surface area contributed by atoms with Gasteiger partial charge in [-0.15, -0.1) is 0 Å². The van der Waals surface area contributed by atoms with E-state index in [1.807, 2.05) is 0 Å². The topological polar surface area (TPSA) is 103 Å². The van der Waals surface area contributed by atoms with E-state index in [4.69, 9.17) is 27.8 Å². The van der Waals surface area contributed by atoms with Crippen LogP contribution in [0.25, 0.3) is 0 Å². The molecule has 3 rings (SSSR count). The number of allylic oxidation sites excluding steroid dienone is 1. The second-order valence-electron chi connectivity index (χ2n) is 7.54. The maximum atomic E-state index is 13.4. The molecule has 2 saturated carbocycles. The van der Waals surface area contributed by atoms with Crippen molar-refractivity contribution in [3.63, 3.8) is 0 Å². The zero-order valence-corrected chi connectivity index (χ0v) is 16.8. The molecule has 0 heterocycles. The summed E-state index contributed by atoms with van der Waals surface area (Å²) >= 11 is 5.79. The van der Waals surface area contributed by atoms with Crippen LogP contribution in [0.3, 0.4) is 0 Å². The molecule has 0 radical (unpaired) electrons. The highest BCUT2D eigenvalue weighted by molar-refractivity contribution is 6.31. The van der Waals surface area contributed by atoms with Crippen LogP contribution in [0.1, 0.15) is 25.7 Å². The largest absolute Gasteiger partial charge is 0.401 e. The number of carbonyl (C=O) groups is 1. The first-order valence-corrected chi connectivity index (χ1v) is 9.73. The molecule has 2 aliphatic carbocycles. The Morgan fingerprint density at radius 2 is 1.89 bits per heavy atom. The number of nitrogens with two attached hydrogens (primary N) is 2. The van der Waals surface area contributed by atoms with Crippen LogP contribution in [-0.4, -0.2) is 32.0 Å². The minimum atomic E-state index is -0.559. The minimum absolute atomic E-state index is 0.0747. The summed E-state index contributed by atoms with van der Waals surface area (Å²) in [4.78, 5) is 16.8. The Bertz CT molecular complexity index is 812. The van der Waals surface area contributed by atoms with Crippen LogP contribution >= 0.6 is 11.6 Å². The standard InChI is InChI=1S/C20H26ClFN4O2/c1-25-19(24)17(20(27)26-13-3-4-16(22)15(21)9-13)18(23)12-5-10-7-14(28-2)8-11(10)6-12/h3-4,9-12,14H,5-8,23H2,1-2H3,(H2,24,25)(H,26,27)/b18-17+. The number of halogens is 2. The number of hydrogen-bond donors (Lipinski definition) is 3. The van der Waals surface area contributed by atoms with E-state index in [1.54, 1.807) is 7.11 Å². The van der Waals surface area contributed by atoms with Gasteiger partial charge in [0.1, 0.15) is 17.2 Å². The van der Waals surface area contributed by atoms with E-state index in [0.29, 0.717) is 29.3 Å². The van der Waals surface area contributed by atoms with Crippen LogP contribution < -0.4 is 16.8 Å². The number of benzene rings is 1. The van der Waals surface area contributed by atoms with Crippen molar-refractivity contribution in [3.05, 3.63) is 40.3 Å². The van der Waals surface area contributed by atoms with E-state index < -0.39 is 11.7 Å². The molecule has 2 atom stereocenters. The predicted molar refractivity (Wildman–Crippen MR) is 109 cm³/mol. The maximum absolute atomic E-state index is 13.4. The fourth-order valence-corrected chi connectivity index (χ4v) is 4.67. The third kappa shape index (κ3) is 4.15. The molecular weight excluding hydrogens is 383 g/mol. The number of fused-ring (bicyclic) bond motifs is 1. The summed E-state index contributed by atoms with van der Waals surface area (Å²) in [5, 5.41) is 2.61. The number of methoxy groups -OCH3 is 1. The molecule has 1 amide bonds. The molecule has 0 spiro atoms. The van der Waals surface area contributed by atoms with Gasteiger partial charge in [0, 0.05) is 25.5 Å². The zero-order chi connectivity index (χ0) is 20.4. The molecule has 1 aromatic rings. The number of amidine groups is 1. The summed E-state index contributed by atoms with van der Waals surface area (Å²) in [5.74, 6) is 0.217. The van der Waals surface area contributed by atoms with E-state index in [9.17, 15) is 9.18 Å². The van der Waals surface area contributed by atoms with Crippen molar-refractivity contribution in [1.29, 1.82) is 0 Å². The highest BCUT2D eigenvalue weighted by atomic mass is 35.5. The molecule has 8 heteroatoms. The Kier molecular flexibility index (Phi) is 6.25. The molecule has 2 unspecified atom stereocenters. The van der Waals surface area contributed by atoms with Crippen LogP contribution in [-0.2, 0) is 9.53 Å². The lowest BCUT2D eigenvalue weighted by Crippen LogP contribution is -2.31. The van der Waals surface area contributed by atoms with Crippen molar-refractivity contribution in [2.75, 3.05) is 19.5 Å². The summed E-state index contributed by atoms with van der Waals surface area (Å²) in [6.45, 7) is 0. The van der Waals surface area contributed by atoms with Crippen LogP contribution in [0.5, 0.6) is 0 Å². The second-order valence-corrected chi connectivity index (χ2v) is 7.95. The number of nitrogens with zero attached hydrogens (tertiary/aromatic N) is 1. The lowest BCUT2D eigenvalue weighted by Gasteiger charge is -2.18. The van der Waals surface area contributed by atoms with Gasteiger partial charge in [-0.05, 0) is 61.6 Å². The van der Waals surface area contributed by atoms with E-state index in [0.717, 1.165) is 25.7 Å². The number of hydrogen-bond acceptors (Lipinski definition) is 4. The molecule has 0 saturated heterocycles. The number of carbonyl (C=O) groups excluding carboxylic acids is 1. The molecule has 2 fully saturated rings. The van der Waals surface area contributed by atoms with E-state index in [1.165, 1.54) is 25.2 Å². The number of aliphatic imine (C=N–C) groups is 1. The Balaban J connectivity index is 1.81. The average molecular weight is 409 g/mol. The molecule has 1 aromatic carbocycles. The van der Waals surface area contributed by atoms with Gasteiger partial charge >= 0.3 is 0 Å². The van der Waals surface area contributed by atoms with Gasteiger partial charge in [0.2, 0.25) is 0 Å². The van der Waals surface area contributed by atoms with E-state index in [-0.39, 0.29) is 22.3 Å². The van der Waals surface area contributed by atoms with Gasteiger partial charge in [-0.25, -0.2) is 4.39 Å². The van der Waals surface area contributed by atoms with Gasteiger partial charge in [-0.2, -0.15) is 0 Å². The number of ether oxygens (including phenoxy) is 1. The third-order valence-corrected chi connectivity index (χ3v) is 6.23. The number of rotatable bonds is 5. The summed E-state index contributed by atoms with van der Waals surface area (Å²) in [6, 6.07) is 3.95. The predicted octanol–water partition coefficient (Wildman–Crippen LogP) is 3.07. The van der Waals surface area contributed by atoms with Crippen LogP contribution in [0.15, 0.2) is 34.5 Å². The molecule has 0 aliphatic heterocycles. The van der Waals surface area contributed by atoms with Crippen molar-refractivity contribution in [1.82, 2.24) is 0 Å². The Morgan fingerprint density at radius 3 is 2.43 bits per heavy atom. The van der Waals surface area contributed by atoms with Gasteiger partial charge in [0.25, 0.3) is 5.91 Å². The Morgan fingerprint density at radius 1 is 1.25 bits per heavy atom. The number of anilines is 1. The normalized spacial score (nSPS) is 28.1. The van der Waals surface area contributed by atoms with E-state index >= 15 is 0 Å². The van der Waals surface area contributed by atoms with Crippen LogP contribution in [0.2, 0.25) is 5.02 Å². The molecule has 0 bridgehead atoms. The lowest BCUT2D eigenvalue weighted by molar-refractivity contribution is -0.112. The molecular formula is C20H26ClFN4O2. The van der Waals surface area contributed by atoms with Gasteiger partial charge in [-0.1, -0.05) is 11.6 Å². The van der Waals surface area contributed by atoms with Gasteiger partial charge in [0.05, 0.1) is 11.1 Å². The number of nitrogens with one attached hydrogen (secondary N) is 1. The van der Waals surface area contributed by atoms with Crippen molar-refractivity contribution in [2.24, 2.45) is 34.2 Å². The third-order valence-electron chi connectivity index (χ3n) is 5.94. The van der Waals surface area contributed by atoms with Crippen LogP contribution in [0.4, 0.5) is 10.1 Å². The van der Waals surface area contributed by atoms with Gasteiger partial charge in [0.15, 0.2) is 0 Å². The maximum Gasteiger partial charge on any atom is 0.261 e. The van der Waals surface area contributed by atoms with Gasteiger partial charge < -0.3 is 21.5 Å². The summed E-state index contributed by atoms with van der Waals surface area (Å²) in [6.07, 6.45) is 4.18. The van der Waals surface area contributed by atoms with Crippen LogP contribution in [0, 0.1) is 23.6 Å². The Labute approximate surface area is 169 Å². The molecule has 152 valence electrons. The fourth-order valence-electron chi connectivity index (χ4n) is 4.49. The molecule has 6 nitrogen and oxygen atoms in total. The summed E-state index contributed by atoms with van der Waals surface area (Å²) in [5.41, 5.74) is 13.4. The summed E-state index contributed by atoms with van der Waals surface area (Å²) < 4.78 is 18.8. The Hall–Kier alpha value is -2.12. The number of amides is 1. The lowest BCUT2D eigenvalue weighted by atomic mass is 9.95. The first-order valence-electron chi connectivity index (χ1n) is 9.35. The summed E-state index contributed by atoms with van der Waals surface area (Å²) in [7, 11) is 3.26. The highest BCUT2D eigenvalue weighted by Crippen LogP contribution is 2.49. The minimum Gasteiger partial charge on any atom is -0.401 e.